The van der Waals surface area contributed by atoms with E-state index in [0.717, 1.165) is 35.2 Å². The molecule has 0 radical (unpaired) electrons. The van der Waals surface area contributed by atoms with E-state index in [1.54, 1.807) is 0 Å². The summed E-state index contributed by atoms with van der Waals surface area (Å²) < 4.78 is 80.1. The molecule has 0 spiro atoms. The Labute approximate surface area is 199 Å². The van der Waals surface area contributed by atoms with Gasteiger partial charge in [-0.3, -0.25) is 19.8 Å². The molecule has 2 amide bonds. The maximum Gasteiger partial charge on any atom is 0.416 e. The van der Waals surface area contributed by atoms with Crippen LogP contribution in [-0.2, 0) is 21.9 Å². The highest BCUT2D eigenvalue weighted by molar-refractivity contribution is 7.80. The number of rotatable bonds is 3. The summed E-state index contributed by atoms with van der Waals surface area (Å²) in [5.41, 5.74) is -2.30. The number of halogens is 6. The number of carbonyl (C=O) groups is 2. The number of benzene rings is 2. The topological polar surface area (TPSA) is 54.3 Å². The van der Waals surface area contributed by atoms with Crippen molar-refractivity contribution in [3.05, 3.63) is 89.3 Å². The van der Waals surface area contributed by atoms with Crippen molar-refractivity contribution < 1.29 is 35.9 Å². The third-order valence-electron chi connectivity index (χ3n) is 5.06. The van der Waals surface area contributed by atoms with E-state index >= 15 is 0 Å². The van der Waals surface area contributed by atoms with Crippen molar-refractivity contribution in [1.29, 1.82) is 0 Å². The van der Waals surface area contributed by atoms with Crippen LogP contribution in [0.2, 0.25) is 0 Å². The van der Waals surface area contributed by atoms with Crippen LogP contribution in [0.15, 0.2) is 72.4 Å². The monoisotopic (exact) mass is 509 g/mol. The Hall–Kier alpha value is -3.93. The highest BCUT2D eigenvalue weighted by atomic mass is 32.1. The molecule has 12 heteroatoms. The van der Waals surface area contributed by atoms with Gasteiger partial charge in [0.15, 0.2) is 5.11 Å². The van der Waals surface area contributed by atoms with Crippen molar-refractivity contribution in [2.75, 3.05) is 4.90 Å². The number of hydrogen-bond donors (Lipinski definition) is 1. The Morgan fingerprint density at radius 1 is 0.800 bits per heavy atom. The molecular weight excluding hydrogens is 496 g/mol. The van der Waals surface area contributed by atoms with Crippen molar-refractivity contribution in [3.8, 4) is 5.69 Å². The second kappa shape index (κ2) is 8.69. The quantitative estimate of drug-likeness (QED) is 0.224. The van der Waals surface area contributed by atoms with Gasteiger partial charge in [0.2, 0.25) is 0 Å². The molecule has 2 heterocycles. The molecule has 180 valence electrons. The van der Waals surface area contributed by atoms with Gasteiger partial charge in [0.1, 0.15) is 5.57 Å². The Morgan fingerprint density at radius 3 is 1.97 bits per heavy atom. The Bertz CT molecular complexity index is 1370. The van der Waals surface area contributed by atoms with Gasteiger partial charge >= 0.3 is 12.4 Å². The van der Waals surface area contributed by atoms with Crippen LogP contribution in [0, 0.1) is 0 Å². The van der Waals surface area contributed by atoms with E-state index in [2.05, 4.69) is 5.32 Å². The number of carbonyl (C=O) groups excluding carboxylic acids is 2. The molecule has 5 nitrogen and oxygen atoms in total. The van der Waals surface area contributed by atoms with Gasteiger partial charge in [-0.2, -0.15) is 26.3 Å². The molecule has 0 unspecified atom stereocenters. The van der Waals surface area contributed by atoms with Gasteiger partial charge in [-0.25, -0.2) is 0 Å². The first-order valence-electron chi connectivity index (χ1n) is 9.80. The molecule has 2 aromatic carbocycles. The standard InChI is InChI=1S/C23H13F6N3O2S/c24-22(25,26)13-4-1-6-15(10-13)31-9-3-8-16(31)12-18-19(33)30-21(35)32(20(18)34)17-7-2-5-14(11-17)23(27,28)29/h1-12H,(H,30,33,35)/b18-12+. The highest BCUT2D eigenvalue weighted by Gasteiger charge is 2.37. The first kappa shape index (κ1) is 24.2. The SMILES string of the molecule is O=C1NC(=S)N(c2cccc(C(F)(F)F)c2)C(=O)/C1=C/c1cccn1-c1cccc(C(F)(F)F)c1. The fourth-order valence-electron chi connectivity index (χ4n) is 3.44. The van der Waals surface area contributed by atoms with Crippen LogP contribution in [0.5, 0.6) is 0 Å². The fraction of sp³-hybridized carbons (Fsp3) is 0.0870. The molecule has 35 heavy (non-hydrogen) atoms. The minimum atomic E-state index is -4.68. The summed E-state index contributed by atoms with van der Waals surface area (Å²) in [5, 5.41) is 1.85. The number of nitrogens with one attached hydrogen (secondary N) is 1. The van der Waals surface area contributed by atoms with Gasteiger partial charge in [0.05, 0.1) is 16.8 Å². The van der Waals surface area contributed by atoms with E-state index < -0.39 is 46.0 Å². The van der Waals surface area contributed by atoms with Gasteiger partial charge in [0.25, 0.3) is 11.8 Å². The zero-order chi connectivity index (χ0) is 25.5. The molecular formula is C23H13F6N3O2S. The second-order valence-corrected chi connectivity index (χ2v) is 7.74. The van der Waals surface area contributed by atoms with E-state index in [0.29, 0.717) is 6.07 Å². The Kier molecular flexibility index (Phi) is 6.01. The molecule has 0 atom stereocenters. The first-order chi connectivity index (χ1) is 16.4. The van der Waals surface area contributed by atoms with Crippen molar-refractivity contribution in [2.45, 2.75) is 12.4 Å². The lowest BCUT2D eigenvalue weighted by molar-refractivity contribution is -0.138. The van der Waals surface area contributed by atoms with Crippen LogP contribution in [0.1, 0.15) is 16.8 Å². The highest BCUT2D eigenvalue weighted by Crippen LogP contribution is 2.33. The minimum absolute atomic E-state index is 0.116. The van der Waals surface area contributed by atoms with E-state index in [4.69, 9.17) is 12.2 Å². The summed E-state index contributed by atoms with van der Waals surface area (Å²) >= 11 is 5.01. The average molecular weight is 509 g/mol. The normalized spacial score (nSPS) is 16.1. The zero-order valence-electron chi connectivity index (χ0n) is 17.3. The number of aromatic nitrogens is 1. The lowest BCUT2D eigenvalue weighted by Crippen LogP contribution is -2.54. The van der Waals surface area contributed by atoms with Gasteiger partial charge in [-0.05, 0) is 66.8 Å². The summed E-state index contributed by atoms with van der Waals surface area (Å²) in [6.07, 6.45) is -6.70. The summed E-state index contributed by atoms with van der Waals surface area (Å²) in [4.78, 5) is 26.4. The predicted octanol–water partition coefficient (Wildman–Crippen LogP) is 5.35. The summed E-state index contributed by atoms with van der Waals surface area (Å²) in [7, 11) is 0. The maximum absolute atomic E-state index is 13.1. The molecule has 1 aliphatic heterocycles. The number of anilines is 1. The average Bonchev–Trinajstić information content (AvgIpc) is 3.24. The van der Waals surface area contributed by atoms with E-state index in [1.165, 1.54) is 41.1 Å². The number of hydrogen-bond acceptors (Lipinski definition) is 3. The number of alkyl halides is 6. The van der Waals surface area contributed by atoms with Crippen LogP contribution in [0.25, 0.3) is 11.8 Å². The van der Waals surface area contributed by atoms with Gasteiger partial charge in [-0.1, -0.05) is 12.1 Å². The second-order valence-electron chi connectivity index (χ2n) is 7.36. The van der Waals surface area contributed by atoms with Crippen molar-refractivity contribution in [2.24, 2.45) is 0 Å². The summed E-state index contributed by atoms with van der Waals surface area (Å²) in [5.74, 6) is -1.89. The maximum atomic E-state index is 13.1. The molecule has 1 aliphatic rings. The molecule has 0 bridgehead atoms. The lowest BCUT2D eigenvalue weighted by atomic mass is 10.1. The van der Waals surface area contributed by atoms with Crippen LogP contribution < -0.4 is 10.2 Å². The molecule has 1 fully saturated rings. The first-order valence-corrected chi connectivity index (χ1v) is 10.2. The fourth-order valence-corrected chi connectivity index (χ4v) is 3.72. The smallest absolute Gasteiger partial charge is 0.317 e. The largest absolute Gasteiger partial charge is 0.416 e. The minimum Gasteiger partial charge on any atom is -0.317 e. The summed E-state index contributed by atoms with van der Waals surface area (Å²) in [6, 6.07) is 11.2. The van der Waals surface area contributed by atoms with Gasteiger partial charge in [-0.15, -0.1) is 0 Å². The summed E-state index contributed by atoms with van der Waals surface area (Å²) in [6.45, 7) is 0. The van der Waals surface area contributed by atoms with Gasteiger partial charge in [0, 0.05) is 17.6 Å². The van der Waals surface area contributed by atoms with Crippen molar-refractivity contribution in [1.82, 2.24) is 9.88 Å². The van der Waals surface area contributed by atoms with Crippen LogP contribution in [0.3, 0.4) is 0 Å². The molecule has 1 aromatic heterocycles. The molecule has 3 aromatic rings. The lowest BCUT2D eigenvalue weighted by Gasteiger charge is -2.29. The third kappa shape index (κ3) is 4.83. The molecule has 4 rings (SSSR count). The number of amides is 2. The van der Waals surface area contributed by atoms with Crippen LogP contribution in [-0.4, -0.2) is 21.5 Å². The molecule has 1 saturated heterocycles. The van der Waals surface area contributed by atoms with Crippen LogP contribution in [0.4, 0.5) is 32.0 Å². The molecule has 0 aliphatic carbocycles. The van der Waals surface area contributed by atoms with Crippen LogP contribution >= 0.6 is 12.2 Å². The number of thiocarbonyl (C=S) groups is 1. The molecule has 0 saturated carbocycles. The van der Waals surface area contributed by atoms with Crippen molar-refractivity contribution in [3.63, 3.8) is 0 Å². The van der Waals surface area contributed by atoms with Crippen molar-refractivity contribution >= 4 is 40.9 Å². The van der Waals surface area contributed by atoms with E-state index in [1.807, 2.05) is 0 Å². The van der Waals surface area contributed by atoms with E-state index in [9.17, 15) is 35.9 Å². The van der Waals surface area contributed by atoms with E-state index in [-0.39, 0.29) is 17.1 Å². The van der Waals surface area contributed by atoms with Gasteiger partial charge < -0.3 is 4.57 Å². The Morgan fingerprint density at radius 2 is 1.37 bits per heavy atom. The number of nitrogens with zero attached hydrogens (tertiary/aromatic N) is 2. The zero-order valence-corrected chi connectivity index (χ0v) is 18.1. The predicted molar refractivity (Wildman–Crippen MR) is 118 cm³/mol. The third-order valence-corrected chi connectivity index (χ3v) is 5.34. The Balaban J connectivity index is 1.74. The molecule has 1 N–H and O–H groups in total.